The van der Waals surface area contributed by atoms with E-state index in [9.17, 15) is 0 Å². The summed E-state index contributed by atoms with van der Waals surface area (Å²) < 4.78 is 7.42. The Kier molecular flexibility index (Phi) is 5.44. The Hall–Kier alpha value is -2.81. The molecule has 3 aromatic heterocycles. The van der Waals surface area contributed by atoms with Gasteiger partial charge in [0.25, 0.3) is 0 Å². The van der Waals surface area contributed by atoms with Crippen LogP contribution in [0.4, 0.5) is 5.82 Å². The summed E-state index contributed by atoms with van der Waals surface area (Å²) in [4.78, 5) is 14.2. The number of thiophene rings is 1. The fraction of sp³-hybridized carbons (Fsp3) is 0.318. The molecule has 1 atom stereocenters. The van der Waals surface area contributed by atoms with Crippen LogP contribution < -0.4 is 5.32 Å². The Morgan fingerprint density at radius 3 is 2.70 bits per heavy atom. The van der Waals surface area contributed by atoms with E-state index in [1.807, 2.05) is 52.5 Å². The average molecular weight is 421 g/mol. The highest BCUT2D eigenvalue weighted by Crippen LogP contribution is 2.29. The first-order valence-corrected chi connectivity index (χ1v) is 11.0. The van der Waals surface area contributed by atoms with Crippen LogP contribution in [0.1, 0.15) is 15.8 Å². The molecule has 7 nitrogen and oxygen atoms in total. The summed E-state index contributed by atoms with van der Waals surface area (Å²) in [5.74, 6) is 0.814. The minimum atomic E-state index is 0.279. The van der Waals surface area contributed by atoms with Crippen molar-refractivity contribution >= 4 is 28.2 Å². The molecule has 0 aliphatic carbocycles. The molecule has 1 aromatic carbocycles. The number of anilines is 1. The van der Waals surface area contributed by atoms with Gasteiger partial charge in [-0.3, -0.25) is 4.90 Å². The monoisotopic (exact) mass is 420 g/mol. The van der Waals surface area contributed by atoms with Gasteiger partial charge in [0.2, 0.25) is 0 Å². The number of aryl methyl sites for hydroxylation is 1. The van der Waals surface area contributed by atoms with Gasteiger partial charge < -0.3 is 10.1 Å². The summed E-state index contributed by atoms with van der Waals surface area (Å²) in [5.41, 5.74) is 1.78. The number of benzene rings is 1. The summed E-state index contributed by atoms with van der Waals surface area (Å²) in [6.45, 7) is 6.36. The van der Waals surface area contributed by atoms with Gasteiger partial charge in [-0.15, -0.1) is 11.3 Å². The van der Waals surface area contributed by atoms with Crippen molar-refractivity contribution in [3.63, 3.8) is 0 Å². The van der Waals surface area contributed by atoms with Crippen LogP contribution in [-0.4, -0.2) is 57.5 Å². The van der Waals surface area contributed by atoms with E-state index >= 15 is 0 Å². The second-order valence-electron chi connectivity index (χ2n) is 7.34. The maximum Gasteiger partial charge on any atom is 0.168 e. The van der Waals surface area contributed by atoms with E-state index in [1.54, 1.807) is 6.33 Å². The van der Waals surface area contributed by atoms with Crippen LogP contribution in [-0.2, 0) is 4.74 Å². The molecular formula is C22H24N6OS. The number of hydrogen-bond donors (Lipinski definition) is 1. The van der Waals surface area contributed by atoms with Gasteiger partial charge in [0.15, 0.2) is 5.65 Å². The fourth-order valence-electron chi connectivity index (χ4n) is 3.87. The SMILES string of the molecule is Cc1ccc(C(CNc2ncnc3c2cnn3-c2ccccc2)N2CCOCC2)s1. The summed E-state index contributed by atoms with van der Waals surface area (Å²) in [6, 6.07) is 14.8. The van der Waals surface area contributed by atoms with E-state index in [2.05, 4.69) is 44.3 Å². The number of morpholine rings is 1. The number of ether oxygens (including phenoxy) is 1. The number of nitrogens with zero attached hydrogens (tertiary/aromatic N) is 5. The van der Waals surface area contributed by atoms with E-state index in [0.29, 0.717) is 0 Å². The van der Waals surface area contributed by atoms with Gasteiger partial charge in [-0.05, 0) is 31.2 Å². The largest absolute Gasteiger partial charge is 0.379 e. The molecule has 0 bridgehead atoms. The van der Waals surface area contributed by atoms with Gasteiger partial charge in [0.05, 0.1) is 36.5 Å². The molecule has 4 aromatic rings. The molecule has 1 unspecified atom stereocenters. The molecule has 4 heterocycles. The van der Waals surface area contributed by atoms with Gasteiger partial charge in [-0.1, -0.05) is 18.2 Å². The number of aromatic nitrogens is 4. The van der Waals surface area contributed by atoms with E-state index in [-0.39, 0.29) is 6.04 Å². The van der Waals surface area contributed by atoms with Crippen LogP contribution in [0.2, 0.25) is 0 Å². The Morgan fingerprint density at radius 2 is 1.93 bits per heavy atom. The van der Waals surface area contributed by atoms with Crippen LogP contribution in [0.25, 0.3) is 16.7 Å². The van der Waals surface area contributed by atoms with E-state index < -0.39 is 0 Å². The van der Waals surface area contributed by atoms with Crippen LogP contribution in [0.15, 0.2) is 55.0 Å². The normalized spacial score (nSPS) is 16.0. The Morgan fingerprint density at radius 1 is 1.10 bits per heavy atom. The lowest BCUT2D eigenvalue weighted by Gasteiger charge is -2.34. The van der Waals surface area contributed by atoms with Crippen molar-refractivity contribution in [2.45, 2.75) is 13.0 Å². The topological polar surface area (TPSA) is 68.1 Å². The van der Waals surface area contributed by atoms with Gasteiger partial charge in [0, 0.05) is 29.4 Å². The van der Waals surface area contributed by atoms with Crippen LogP contribution in [0.5, 0.6) is 0 Å². The van der Waals surface area contributed by atoms with Gasteiger partial charge in [0.1, 0.15) is 12.1 Å². The quantitative estimate of drug-likeness (QED) is 0.513. The van der Waals surface area contributed by atoms with Crippen molar-refractivity contribution in [3.05, 3.63) is 64.7 Å². The molecule has 1 fully saturated rings. The van der Waals surface area contributed by atoms with Crippen molar-refractivity contribution in [2.24, 2.45) is 0 Å². The highest BCUT2D eigenvalue weighted by Gasteiger charge is 2.24. The minimum absolute atomic E-state index is 0.279. The van der Waals surface area contributed by atoms with Crippen LogP contribution in [0, 0.1) is 6.92 Å². The molecule has 1 aliphatic heterocycles. The standard InChI is InChI=1S/C22H24N6OS/c1-16-7-8-20(30-16)19(27-9-11-29-12-10-27)14-23-21-18-13-26-28(22(18)25-15-24-21)17-5-3-2-4-6-17/h2-8,13,15,19H,9-12,14H2,1H3,(H,23,24,25). The summed E-state index contributed by atoms with van der Waals surface area (Å²) in [7, 11) is 0. The number of para-hydroxylation sites is 1. The van der Waals surface area contributed by atoms with Crippen molar-refractivity contribution in [1.29, 1.82) is 0 Å². The minimum Gasteiger partial charge on any atom is -0.379 e. The van der Waals surface area contributed by atoms with Crippen molar-refractivity contribution in [1.82, 2.24) is 24.6 Å². The third kappa shape index (κ3) is 3.81. The van der Waals surface area contributed by atoms with Crippen LogP contribution >= 0.6 is 11.3 Å². The third-order valence-electron chi connectivity index (χ3n) is 5.41. The highest BCUT2D eigenvalue weighted by atomic mass is 32.1. The van der Waals surface area contributed by atoms with Crippen molar-refractivity contribution < 1.29 is 4.74 Å². The summed E-state index contributed by atoms with van der Waals surface area (Å²) in [6.07, 6.45) is 3.44. The first-order chi connectivity index (χ1) is 14.8. The summed E-state index contributed by atoms with van der Waals surface area (Å²) in [5, 5.41) is 9.05. The average Bonchev–Trinajstić information content (AvgIpc) is 3.42. The molecule has 0 saturated carbocycles. The number of hydrogen-bond acceptors (Lipinski definition) is 7. The molecule has 5 rings (SSSR count). The van der Waals surface area contributed by atoms with E-state index in [1.165, 1.54) is 9.75 Å². The Bertz CT molecular complexity index is 1120. The fourth-order valence-corrected chi connectivity index (χ4v) is 4.88. The predicted molar refractivity (Wildman–Crippen MR) is 119 cm³/mol. The zero-order valence-corrected chi connectivity index (χ0v) is 17.7. The van der Waals surface area contributed by atoms with Gasteiger partial charge >= 0.3 is 0 Å². The maximum absolute atomic E-state index is 5.57. The van der Waals surface area contributed by atoms with Gasteiger partial charge in [-0.25, -0.2) is 14.6 Å². The maximum atomic E-state index is 5.57. The molecular weight excluding hydrogens is 396 g/mol. The lowest BCUT2D eigenvalue weighted by Crippen LogP contribution is -2.41. The summed E-state index contributed by atoms with van der Waals surface area (Å²) >= 11 is 1.86. The molecule has 0 spiro atoms. The van der Waals surface area contributed by atoms with Crippen molar-refractivity contribution in [3.8, 4) is 5.69 Å². The molecule has 0 amide bonds. The number of fused-ring (bicyclic) bond motifs is 1. The zero-order chi connectivity index (χ0) is 20.3. The molecule has 1 aliphatic rings. The lowest BCUT2D eigenvalue weighted by molar-refractivity contribution is 0.0194. The number of nitrogens with one attached hydrogen (secondary N) is 1. The highest BCUT2D eigenvalue weighted by molar-refractivity contribution is 7.12. The first-order valence-electron chi connectivity index (χ1n) is 10.2. The van der Waals surface area contributed by atoms with Gasteiger partial charge in [-0.2, -0.15) is 5.10 Å². The second kappa shape index (κ2) is 8.51. The molecule has 154 valence electrons. The smallest absolute Gasteiger partial charge is 0.168 e. The molecule has 30 heavy (non-hydrogen) atoms. The van der Waals surface area contributed by atoms with Crippen molar-refractivity contribution in [2.75, 3.05) is 38.2 Å². The lowest BCUT2D eigenvalue weighted by atomic mass is 10.2. The second-order valence-corrected chi connectivity index (χ2v) is 8.66. The predicted octanol–water partition coefficient (Wildman–Crippen LogP) is 3.67. The molecule has 1 saturated heterocycles. The van der Waals surface area contributed by atoms with E-state index in [4.69, 9.17) is 4.74 Å². The Balaban J connectivity index is 1.42. The first kappa shape index (κ1) is 19.2. The molecule has 8 heteroatoms. The Labute approximate surface area is 179 Å². The third-order valence-corrected chi connectivity index (χ3v) is 6.51. The zero-order valence-electron chi connectivity index (χ0n) is 16.9. The molecule has 0 radical (unpaired) electrons. The molecule has 1 N–H and O–H groups in total. The van der Waals surface area contributed by atoms with Crippen LogP contribution in [0.3, 0.4) is 0 Å². The number of rotatable bonds is 6. The van der Waals surface area contributed by atoms with E-state index in [0.717, 1.165) is 55.4 Å².